The van der Waals surface area contributed by atoms with E-state index in [-0.39, 0.29) is 11.4 Å². The largest absolute Gasteiger partial charge is 0.351 e. The van der Waals surface area contributed by atoms with Gasteiger partial charge in [-0.3, -0.25) is 25.7 Å². The van der Waals surface area contributed by atoms with Gasteiger partial charge >= 0.3 is 5.69 Å². The fourth-order valence-electron chi connectivity index (χ4n) is 2.99. The number of benzene rings is 1. The van der Waals surface area contributed by atoms with Crippen LogP contribution in [0, 0.1) is 20.2 Å². The minimum atomic E-state index is -0.679. The fraction of sp³-hybridized carbons (Fsp3) is 0.312. The standard InChI is InChI=1S/C16H17N5O4/c22-20(23)14-5-6-15(16(9-14)21(24)25)18-17-10-12-7-8-19(11-12)13-3-1-2-4-13/h5-11,13,18H,1-4H2/b17-10-. The Balaban J connectivity index is 1.71. The van der Waals surface area contributed by atoms with Crippen LogP contribution < -0.4 is 5.43 Å². The summed E-state index contributed by atoms with van der Waals surface area (Å²) in [7, 11) is 0. The van der Waals surface area contributed by atoms with Crippen molar-refractivity contribution in [3.63, 3.8) is 0 Å². The van der Waals surface area contributed by atoms with Crippen LogP contribution in [-0.4, -0.2) is 20.6 Å². The van der Waals surface area contributed by atoms with E-state index in [4.69, 9.17) is 0 Å². The van der Waals surface area contributed by atoms with Gasteiger partial charge in [-0.15, -0.1) is 0 Å². The van der Waals surface area contributed by atoms with Gasteiger partial charge in [-0.1, -0.05) is 12.8 Å². The maximum atomic E-state index is 11.1. The number of nitro groups is 2. The normalized spacial score (nSPS) is 14.9. The van der Waals surface area contributed by atoms with Gasteiger partial charge in [0.05, 0.1) is 22.1 Å². The Morgan fingerprint density at radius 1 is 1.16 bits per heavy atom. The predicted molar refractivity (Wildman–Crippen MR) is 92.9 cm³/mol. The summed E-state index contributed by atoms with van der Waals surface area (Å²) >= 11 is 0. The Labute approximate surface area is 143 Å². The molecule has 1 aliphatic rings. The number of non-ortho nitro benzene ring substituents is 1. The number of nitro benzene ring substituents is 2. The van der Waals surface area contributed by atoms with Gasteiger partial charge in [-0.25, -0.2) is 0 Å². The first kappa shape index (κ1) is 16.6. The van der Waals surface area contributed by atoms with Crippen LogP contribution in [0.25, 0.3) is 0 Å². The van der Waals surface area contributed by atoms with Crippen LogP contribution in [0.3, 0.4) is 0 Å². The van der Waals surface area contributed by atoms with Gasteiger partial charge in [-0.05, 0) is 25.0 Å². The molecule has 1 aliphatic carbocycles. The number of anilines is 1. The smallest absolute Gasteiger partial charge is 0.301 e. The summed E-state index contributed by atoms with van der Waals surface area (Å²) in [4.78, 5) is 20.4. The SMILES string of the molecule is O=[N+]([O-])c1ccc(N/N=C\c2ccn(C3CCCC3)c2)c([N+](=O)[O-])c1. The van der Waals surface area contributed by atoms with Gasteiger partial charge in [0.25, 0.3) is 5.69 Å². The molecule has 0 radical (unpaired) electrons. The first-order chi connectivity index (χ1) is 12.0. The molecule has 0 amide bonds. The predicted octanol–water partition coefficient (Wildman–Crippen LogP) is 3.87. The summed E-state index contributed by atoms with van der Waals surface area (Å²) in [6.07, 6.45) is 10.4. The maximum Gasteiger partial charge on any atom is 0.301 e. The van der Waals surface area contributed by atoms with Crippen LogP contribution in [0.15, 0.2) is 41.8 Å². The lowest BCUT2D eigenvalue weighted by molar-refractivity contribution is -0.393. The van der Waals surface area contributed by atoms with Crippen LogP contribution in [0.5, 0.6) is 0 Å². The van der Waals surface area contributed by atoms with E-state index in [1.54, 1.807) is 6.21 Å². The third kappa shape index (κ3) is 3.82. The Morgan fingerprint density at radius 3 is 2.60 bits per heavy atom. The van der Waals surface area contributed by atoms with Gasteiger partial charge in [-0.2, -0.15) is 5.10 Å². The average molecular weight is 343 g/mol. The maximum absolute atomic E-state index is 11.1. The van der Waals surface area contributed by atoms with Crippen molar-refractivity contribution < 1.29 is 9.85 Å². The molecule has 1 heterocycles. The second-order valence-electron chi connectivity index (χ2n) is 5.92. The minimum absolute atomic E-state index is 0.0991. The molecule has 1 fully saturated rings. The van der Waals surface area contributed by atoms with E-state index < -0.39 is 15.5 Å². The van der Waals surface area contributed by atoms with Crippen LogP contribution in [0.2, 0.25) is 0 Å². The van der Waals surface area contributed by atoms with Crippen molar-refractivity contribution in [2.75, 3.05) is 5.43 Å². The molecule has 0 saturated heterocycles. The topological polar surface area (TPSA) is 116 Å². The highest BCUT2D eigenvalue weighted by Gasteiger charge is 2.19. The number of nitrogens with one attached hydrogen (secondary N) is 1. The van der Waals surface area contributed by atoms with Gasteiger partial charge in [0, 0.05) is 30.1 Å². The second kappa shape index (κ2) is 7.12. The zero-order chi connectivity index (χ0) is 17.8. The molecule has 0 atom stereocenters. The molecule has 25 heavy (non-hydrogen) atoms. The van der Waals surface area contributed by atoms with Crippen molar-refractivity contribution in [2.24, 2.45) is 5.10 Å². The van der Waals surface area contributed by atoms with Crippen LogP contribution in [-0.2, 0) is 0 Å². The molecule has 130 valence electrons. The van der Waals surface area contributed by atoms with Gasteiger partial charge in [0.2, 0.25) is 0 Å². The van der Waals surface area contributed by atoms with E-state index in [0.29, 0.717) is 6.04 Å². The molecule has 0 aliphatic heterocycles. The highest BCUT2D eigenvalue weighted by molar-refractivity contribution is 5.80. The number of aromatic nitrogens is 1. The van der Waals surface area contributed by atoms with Gasteiger partial charge in [0.1, 0.15) is 5.69 Å². The van der Waals surface area contributed by atoms with E-state index in [1.165, 1.54) is 37.8 Å². The van der Waals surface area contributed by atoms with Gasteiger partial charge in [0.15, 0.2) is 0 Å². The molecule has 1 saturated carbocycles. The average Bonchev–Trinajstić information content (AvgIpc) is 3.26. The Morgan fingerprint density at radius 2 is 1.92 bits per heavy atom. The lowest BCUT2D eigenvalue weighted by Crippen LogP contribution is -2.01. The van der Waals surface area contributed by atoms with Crippen molar-refractivity contribution in [2.45, 2.75) is 31.7 Å². The first-order valence-electron chi connectivity index (χ1n) is 7.94. The molecule has 0 unspecified atom stereocenters. The lowest BCUT2D eigenvalue weighted by atomic mass is 10.2. The monoisotopic (exact) mass is 343 g/mol. The van der Waals surface area contributed by atoms with Crippen molar-refractivity contribution >= 4 is 23.3 Å². The van der Waals surface area contributed by atoms with E-state index >= 15 is 0 Å². The third-order valence-electron chi connectivity index (χ3n) is 4.27. The summed E-state index contributed by atoms with van der Waals surface area (Å²) in [6, 6.07) is 5.84. The third-order valence-corrected chi connectivity index (χ3v) is 4.27. The van der Waals surface area contributed by atoms with Crippen molar-refractivity contribution in [1.29, 1.82) is 0 Å². The summed E-state index contributed by atoms with van der Waals surface area (Å²) in [6.45, 7) is 0. The Bertz CT molecular complexity index is 824. The number of nitrogens with zero attached hydrogens (tertiary/aromatic N) is 4. The number of hydrazone groups is 1. The minimum Gasteiger partial charge on any atom is -0.351 e. The summed E-state index contributed by atoms with van der Waals surface area (Å²) in [5.74, 6) is 0. The zero-order valence-corrected chi connectivity index (χ0v) is 13.4. The van der Waals surface area contributed by atoms with E-state index in [2.05, 4.69) is 15.1 Å². The second-order valence-corrected chi connectivity index (χ2v) is 5.92. The molecule has 9 heteroatoms. The Kier molecular flexibility index (Phi) is 4.73. The molecule has 2 aromatic rings. The van der Waals surface area contributed by atoms with E-state index in [1.807, 2.05) is 18.5 Å². The van der Waals surface area contributed by atoms with Crippen LogP contribution >= 0.6 is 0 Å². The van der Waals surface area contributed by atoms with Crippen molar-refractivity contribution in [3.05, 3.63) is 62.5 Å². The first-order valence-corrected chi connectivity index (χ1v) is 7.94. The summed E-state index contributed by atoms with van der Waals surface area (Å²) in [5, 5.41) is 25.8. The highest BCUT2D eigenvalue weighted by atomic mass is 16.6. The molecular weight excluding hydrogens is 326 g/mol. The number of rotatable bonds is 6. The van der Waals surface area contributed by atoms with Crippen molar-refractivity contribution in [3.8, 4) is 0 Å². The highest BCUT2D eigenvalue weighted by Crippen LogP contribution is 2.30. The molecule has 1 aromatic carbocycles. The van der Waals surface area contributed by atoms with Crippen molar-refractivity contribution in [1.82, 2.24) is 4.57 Å². The van der Waals surface area contributed by atoms with Gasteiger partial charge < -0.3 is 4.57 Å². The summed E-state index contributed by atoms with van der Waals surface area (Å²) in [5.41, 5.74) is 2.83. The lowest BCUT2D eigenvalue weighted by Gasteiger charge is -2.10. The Hall–Kier alpha value is -3.23. The van der Waals surface area contributed by atoms with E-state index in [0.717, 1.165) is 11.6 Å². The number of hydrogen-bond donors (Lipinski definition) is 1. The molecular formula is C16H17N5O4. The molecule has 0 spiro atoms. The molecule has 3 rings (SSSR count). The molecule has 1 aromatic heterocycles. The van der Waals surface area contributed by atoms with Crippen LogP contribution in [0.4, 0.5) is 17.1 Å². The molecule has 1 N–H and O–H groups in total. The summed E-state index contributed by atoms with van der Waals surface area (Å²) < 4.78 is 2.17. The molecule has 0 bridgehead atoms. The van der Waals surface area contributed by atoms with E-state index in [9.17, 15) is 20.2 Å². The zero-order valence-electron chi connectivity index (χ0n) is 13.4. The molecule has 9 nitrogen and oxygen atoms in total. The fourth-order valence-corrected chi connectivity index (χ4v) is 2.99. The quantitative estimate of drug-likeness (QED) is 0.485. The van der Waals surface area contributed by atoms with Crippen LogP contribution in [0.1, 0.15) is 37.3 Å². The number of hydrogen-bond acceptors (Lipinski definition) is 6.